The molecule has 8 nitrogen and oxygen atoms in total. The molecule has 1 atom stereocenters. The van der Waals surface area contributed by atoms with E-state index in [1.54, 1.807) is 4.90 Å². The Labute approximate surface area is 193 Å². The van der Waals surface area contributed by atoms with Crippen molar-refractivity contribution in [2.75, 3.05) is 70.5 Å². The van der Waals surface area contributed by atoms with Crippen molar-refractivity contribution in [3.8, 4) is 0 Å². The van der Waals surface area contributed by atoms with Crippen molar-refractivity contribution >= 4 is 34.2 Å². The molecule has 8 heteroatoms. The summed E-state index contributed by atoms with van der Waals surface area (Å²) in [5.41, 5.74) is 0.875. The van der Waals surface area contributed by atoms with Crippen molar-refractivity contribution in [3.63, 3.8) is 0 Å². The third-order valence-corrected chi connectivity index (χ3v) is 6.94. The molecule has 2 aromatic rings. The number of hydrogen-bond acceptors (Lipinski definition) is 5. The molecule has 174 valence electrons. The van der Waals surface area contributed by atoms with Crippen LogP contribution < -0.4 is 4.90 Å². The van der Waals surface area contributed by atoms with Crippen molar-refractivity contribution in [3.05, 3.63) is 42.5 Å². The van der Waals surface area contributed by atoms with Gasteiger partial charge in [0.2, 0.25) is 17.7 Å². The van der Waals surface area contributed by atoms with Gasteiger partial charge in [0.05, 0.1) is 31.4 Å². The van der Waals surface area contributed by atoms with Crippen molar-refractivity contribution < 1.29 is 19.1 Å². The van der Waals surface area contributed by atoms with Crippen molar-refractivity contribution in [2.45, 2.75) is 6.42 Å². The van der Waals surface area contributed by atoms with E-state index in [0.717, 1.165) is 16.5 Å². The minimum atomic E-state index is -0.321. The van der Waals surface area contributed by atoms with Crippen LogP contribution in [0, 0.1) is 5.92 Å². The summed E-state index contributed by atoms with van der Waals surface area (Å²) in [6, 6.07) is 14.0. The minimum Gasteiger partial charge on any atom is -0.378 e. The molecule has 2 aromatic carbocycles. The van der Waals surface area contributed by atoms with Gasteiger partial charge in [-0.2, -0.15) is 0 Å². The summed E-state index contributed by atoms with van der Waals surface area (Å²) in [5, 5.41) is 2.11. The van der Waals surface area contributed by atoms with Gasteiger partial charge in [0.25, 0.3) is 0 Å². The second-order valence-corrected chi connectivity index (χ2v) is 9.00. The second-order valence-electron chi connectivity index (χ2n) is 9.00. The Morgan fingerprint density at radius 1 is 0.879 bits per heavy atom. The zero-order valence-electron chi connectivity index (χ0n) is 18.8. The molecular weight excluding hydrogens is 420 g/mol. The first-order chi connectivity index (χ1) is 16.1. The number of nitrogens with zero attached hydrogens (tertiary/aromatic N) is 4. The van der Waals surface area contributed by atoms with Crippen molar-refractivity contribution in [1.29, 1.82) is 0 Å². The van der Waals surface area contributed by atoms with Gasteiger partial charge in [0.15, 0.2) is 0 Å². The lowest BCUT2D eigenvalue weighted by molar-refractivity contribution is -0.139. The van der Waals surface area contributed by atoms with Gasteiger partial charge in [-0.25, -0.2) is 0 Å². The number of anilines is 1. The first kappa shape index (κ1) is 21.9. The summed E-state index contributed by atoms with van der Waals surface area (Å²) in [4.78, 5) is 46.1. The SMILES string of the molecule is O=C(CN1CCN(C(=O)[C@@H]2CC(=O)N(c3cccc4ccccc34)C2)CC1)N1CCOCC1. The zero-order chi connectivity index (χ0) is 22.8. The van der Waals surface area contributed by atoms with E-state index >= 15 is 0 Å². The average Bonchev–Trinajstić information content (AvgIpc) is 3.25. The van der Waals surface area contributed by atoms with Crippen LogP contribution in [-0.4, -0.2) is 98.0 Å². The Morgan fingerprint density at radius 2 is 1.61 bits per heavy atom. The Morgan fingerprint density at radius 3 is 2.39 bits per heavy atom. The first-order valence-electron chi connectivity index (χ1n) is 11.7. The molecule has 0 radical (unpaired) electrons. The zero-order valence-corrected chi connectivity index (χ0v) is 18.8. The minimum absolute atomic E-state index is 0.000512. The Bertz CT molecular complexity index is 1040. The number of benzene rings is 2. The molecule has 0 saturated carbocycles. The fourth-order valence-electron chi connectivity index (χ4n) is 5.04. The summed E-state index contributed by atoms with van der Waals surface area (Å²) in [5.74, 6) is -0.145. The summed E-state index contributed by atoms with van der Waals surface area (Å²) >= 11 is 0. The van der Waals surface area contributed by atoms with E-state index in [2.05, 4.69) is 4.90 Å². The third-order valence-electron chi connectivity index (χ3n) is 6.94. The average molecular weight is 451 g/mol. The number of rotatable bonds is 4. The number of carbonyl (C=O) groups is 3. The molecule has 0 aliphatic carbocycles. The number of amides is 3. The van der Waals surface area contributed by atoms with Gasteiger partial charge in [-0.3, -0.25) is 19.3 Å². The molecule has 3 heterocycles. The number of fused-ring (bicyclic) bond motifs is 1. The van der Waals surface area contributed by atoms with Gasteiger partial charge in [-0.1, -0.05) is 36.4 Å². The predicted molar refractivity (Wildman–Crippen MR) is 125 cm³/mol. The van der Waals surface area contributed by atoms with Gasteiger partial charge in [0, 0.05) is 57.6 Å². The largest absolute Gasteiger partial charge is 0.378 e. The van der Waals surface area contributed by atoms with E-state index in [1.807, 2.05) is 52.3 Å². The monoisotopic (exact) mass is 450 g/mol. The predicted octanol–water partition coefficient (Wildman–Crippen LogP) is 1.20. The summed E-state index contributed by atoms with van der Waals surface area (Å²) in [6.45, 7) is 5.85. The Kier molecular flexibility index (Phi) is 6.28. The topological polar surface area (TPSA) is 73.4 Å². The lowest BCUT2D eigenvalue weighted by Gasteiger charge is -2.36. The summed E-state index contributed by atoms with van der Waals surface area (Å²) in [6.07, 6.45) is 0.248. The maximum Gasteiger partial charge on any atom is 0.236 e. The van der Waals surface area contributed by atoms with Crippen LogP contribution in [0.5, 0.6) is 0 Å². The number of morpholine rings is 1. The Balaban J connectivity index is 1.17. The number of carbonyl (C=O) groups excluding carboxylic acids is 3. The molecule has 0 spiro atoms. The molecule has 3 aliphatic heterocycles. The normalized spacial score (nSPS) is 22.2. The lowest BCUT2D eigenvalue weighted by atomic mass is 10.1. The Hall–Kier alpha value is -2.97. The maximum atomic E-state index is 13.2. The quantitative estimate of drug-likeness (QED) is 0.700. The number of piperazine rings is 1. The van der Waals surface area contributed by atoms with Crippen molar-refractivity contribution in [1.82, 2.24) is 14.7 Å². The molecule has 3 amide bonds. The van der Waals surface area contributed by atoms with E-state index in [1.165, 1.54) is 0 Å². The molecular formula is C25H30N4O4. The van der Waals surface area contributed by atoms with Crippen LogP contribution in [0.25, 0.3) is 10.8 Å². The number of ether oxygens (including phenoxy) is 1. The first-order valence-corrected chi connectivity index (χ1v) is 11.7. The molecule has 5 rings (SSSR count). The standard InChI is InChI=1S/C25H30N4O4/c30-23-16-20(17-29(23)22-7-3-5-19-4-1-2-6-21(19)22)25(32)28-10-8-26(9-11-28)18-24(31)27-12-14-33-15-13-27/h1-7,20H,8-18H2/t20-/m1/s1. The van der Waals surface area contributed by atoms with Crippen LogP contribution in [0.3, 0.4) is 0 Å². The molecule has 0 bridgehead atoms. The number of hydrogen-bond donors (Lipinski definition) is 0. The molecule has 3 aliphatic rings. The van der Waals surface area contributed by atoms with E-state index in [9.17, 15) is 14.4 Å². The summed E-state index contributed by atoms with van der Waals surface area (Å²) < 4.78 is 5.31. The van der Waals surface area contributed by atoms with Crippen LogP contribution >= 0.6 is 0 Å². The fourth-order valence-corrected chi connectivity index (χ4v) is 5.04. The molecule has 0 unspecified atom stereocenters. The van der Waals surface area contributed by atoms with Gasteiger partial charge in [0.1, 0.15) is 0 Å². The highest BCUT2D eigenvalue weighted by Gasteiger charge is 2.38. The highest BCUT2D eigenvalue weighted by molar-refractivity contribution is 6.07. The van der Waals surface area contributed by atoms with Gasteiger partial charge >= 0.3 is 0 Å². The molecule has 0 aromatic heterocycles. The van der Waals surface area contributed by atoms with Crippen LogP contribution in [0.4, 0.5) is 5.69 Å². The maximum absolute atomic E-state index is 13.2. The van der Waals surface area contributed by atoms with Gasteiger partial charge < -0.3 is 19.4 Å². The molecule has 0 N–H and O–H groups in total. The molecule has 3 saturated heterocycles. The van der Waals surface area contributed by atoms with Crippen LogP contribution in [0.2, 0.25) is 0 Å². The van der Waals surface area contributed by atoms with Crippen LogP contribution in [0.1, 0.15) is 6.42 Å². The van der Waals surface area contributed by atoms with Crippen LogP contribution in [0.15, 0.2) is 42.5 Å². The lowest BCUT2D eigenvalue weighted by Crippen LogP contribution is -2.53. The van der Waals surface area contributed by atoms with Crippen LogP contribution in [-0.2, 0) is 19.1 Å². The summed E-state index contributed by atoms with van der Waals surface area (Å²) in [7, 11) is 0. The highest BCUT2D eigenvalue weighted by Crippen LogP contribution is 2.32. The molecule has 3 fully saturated rings. The van der Waals surface area contributed by atoms with E-state index in [-0.39, 0.29) is 30.1 Å². The molecule has 33 heavy (non-hydrogen) atoms. The van der Waals surface area contributed by atoms with E-state index in [4.69, 9.17) is 4.74 Å². The fraction of sp³-hybridized carbons (Fsp3) is 0.480. The highest BCUT2D eigenvalue weighted by atomic mass is 16.5. The van der Waals surface area contributed by atoms with E-state index in [0.29, 0.717) is 65.6 Å². The van der Waals surface area contributed by atoms with Crippen molar-refractivity contribution in [2.24, 2.45) is 5.92 Å². The van der Waals surface area contributed by atoms with Gasteiger partial charge in [-0.05, 0) is 11.5 Å². The third kappa shape index (κ3) is 4.58. The second kappa shape index (κ2) is 9.49. The smallest absolute Gasteiger partial charge is 0.236 e. The van der Waals surface area contributed by atoms with E-state index < -0.39 is 0 Å². The van der Waals surface area contributed by atoms with Gasteiger partial charge in [-0.15, -0.1) is 0 Å².